The normalized spacial score (nSPS) is 14.9. The standard InChI is InChI=1S/C10H23NO4S/c1-10(9-11)16(12)8-7-15-6-5-14-4-3-13-2/h10H,3-9,11H2,1-2H3. The average Bonchev–Trinajstić information content (AvgIpc) is 2.31. The molecule has 0 spiro atoms. The van der Waals surface area contributed by atoms with Crippen LogP contribution < -0.4 is 5.73 Å². The average molecular weight is 253 g/mol. The number of methoxy groups -OCH3 is 1. The van der Waals surface area contributed by atoms with E-state index in [4.69, 9.17) is 19.9 Å². The lowest BCUT2D eigenvalue weighted by Gasteiger charge is -2.09. The van der Waals surface area contributed by atoms with E-state index < -0.39 is 10.8 Å². The number of hydrogen-bond acceptors (Lipinski definition) is 5. The van der Waals surface area contributed by atoms with Gasteiger partial charge >= 0.3 is 0 Å². The monoisotopic (exact) mass is 253 g/mol. The first-order chi connectivity index (χ1) is 7.72. The third-order valence-electron chi connectivity index (χ3n) is 2.01. The van der Waals surface area contributed by atoms with E-state index in [0.717, 1.165) is 0 Å². The van der Waals surface area contributed by atoms with Gasteiger partial charge < -0.3 is 19.9 Å². The summed E-state index contributed by atoms with van der Waals surface area (Å²) in [6.07, 6.45) is 0. The SMILES string of the molecule is COCCOCCOCCS(=O)C(C)CN. The van der Waals surface area contributed by atoms with Crippen molar-refractivity contribution in [3.8, 4) is 0 Å². The summed E-state index contributed by atoms with van der Waals surface area (Å²) in [6, 6.07) is 0. The molecule has 6 heteroatoms. The second-order valence-electron chi connectivity index (χ2n) is 3.35. The van der Waals surface area contributed by atoms with Crippen molar-refractivity contribution in [1.82, 2.24) is 0 Å². The fourth-order valence-corrected chi connectivity index (χ4v) is 1.81. The quantitative estimate of drug-likeness (QED) is 0.515. The van der Waals surface area contributed by atoms with Crippen LogP contribution in [-0.4, -0.2) is 61.9 Å². The van der Waals surface area contributed by atoms with Crippen molar-refractivity contribution in [2.75, 3.05) is 52.4 Å². The van der Waals surface area contributed by atoms with Gasteiger partial charge in [0.05, 0.1) is 33.0 Å². The number of hydrogen-bond donors (Lipinski definition) is 1. The highest BCUT2D eigenvalue weighted by molar-refractivity contribution is 7.85. The van der Waals surface area contributed by atoms with Gasteiger partial charge in [-0.1, -0.05) is 0 Å². The maximum atomic E-state index is 11.5. The maximum absolute atomic E-state index is 11.5. The van der Waals surface area contributed by atoms with Crippen molar-refractivity contribution < 1.29 is 18.4 Å². The summed E-state index contributed by atoms with van der Waals surface area (Å²) in [6.45, 7) is 5.07. The van der Waals surface area contributed by atoms with E-state index in [1.807, 2.05) is 6.92 Å². The minimum Gasteiger partial charge on any atom is -0.382 e. The molecule has 0 heterocycles. The van der Waals surface area contributed by atoms with Crippen molar-refractivity contribution >= 4 is 10.8 Å². The largest absolute Gasteiger partial charge is 0.382 e. The van der Waals surface area contributed by atoms with Crippen LogP contribution in [0.1, 0.15) is 6.92 Å². The van der Waals surface area contributed by atoms with Crippen LogP contribution in [0.15, 0.2) is 0 Å². The second kappa shape index (κ2) is 11.5. The van der Waals surface area contributed by atoms with Gasteiger partial charge in [0.25, 0.3) is 0 Å². The summed E-state index contributed by atoms with van der Waals surface area (Å²) >= 11 is 0. The van der Waals surface area contributed by atoms with Crippen LogP contribution in [0.2, 0.25) is 0 Å². The number of nitrogens with two attached hydrogens (primary N) is 1. The maximum Gasteiger partial charge on any atom is 0.0701 e. The molecule has 0 amide bonds. The van der Waals surface area contributed by atoms with Crippen molar-refractivity contribution in [2.45, 2.75) is 12.2 Å². The van der Waals surface area contributed by atoms with Gasteiger partial charge in [-0.25, -0.2) is 0 Å². The van der Waals surface area contributed by atoms with Crippen molar-refractivity contribution in [2.24, 2.45) is 5.73 Å². The predicted octanol–water partition coefficient (Wildman–Crippen LogP) is -0.238. The molecule has 0 saturated heterocycles. The van der Waals surface area contributed by atoms with E-state index in [-0.39, 0.29) is 5.25 Å². The van der Waals surface area contributed by atoms with Crippen molar-refractivity contribution in [3.05, 3.63) is 0 Å². The molecule has 0 aromatic carbocycles. The van der Waals surface area contributed by atoms with Crippen LogP contribution in [0.3, 0.4) is 0 Å². The van der Waals surface area contributed by atoms with Gasteiger partial charge in [-0.05, 0) is 6.92 Å². The molecule has 0 aromatic heterocycles. The van der Waals surface area contributed by atoms with Crippen LogP contribution in [0.4, 0.5) is 0 Å². The molecule has 5 nitrogen and oxygen atoms in total. The molecular formula is C10H23NO4S. The van der Waals surface area contributed by atoms with E-state index in [2.05, 4.69) is 0 Å². The lowest BCUT2D eigenvalue weighted by atomic mass is 10.5. The van der Waals surface area contributed by atoms with Crippen molar-refractivity contribution in [1.29, 1.82) is 0 Å². The zero-order valence-corrected chi connectivity index (χ0v) is 11.0. The zero-order valence-electron chi connectivity index (χ0n) is 10.1. The highest BCUT2D eigenvalue weighted by Gasteiger charge is 2.07. The lowest BCUT2D eigenvalue weighted by molar-refractivity contribution is 0.0285. The summed E-state index contributed by atoms with van der Waals surface area (Å²) in [5.41, 5.74) is 5.41. The highest BCUT2D eigenvalue weighted by Crippen LogP contribution is 1.93. The Kier molecular flexibility index (Phi) is 11.5. The smallest absolute Gasteiger partial charge is 0.0701 e. The topological polar surface area (TPSA) is 70.8 Å². The van der Waals surface area contributed by atoms with Gasteiger partial charge in [-0.3, -0.25) is 4.21 Å². The Morgan fingerprint density at radius 3 is 2.25 bits per heavy atom. The molecule has 0 radical (unpaired) electrons. The molecular weight excluding hydrogens is 230 g/mol. The van der Waals surface area contributed by atoms with Gasteiger partial charge in [0, 0.05) is 35.5 Å². The summed E-state index contributed by atoms with van der Waals surface area (Å²) < 4.78 is 26.8. The molecule has 98 valence electrons. The van der Waals surface area contributed by atoms with Crippen LogP contribution >= 0.6 is 0 Å². The summed E-state index contributed by atoms with van der Waals surface area (Å²) in [5.74, 6) is 0.538. The molecule has 0 aliphatic heterocycles. The molecule has 0 aliphatic carbocycles. The highest BCUT2D eigenvalue weighted by atomic mass is 32.2. The van der Waals surface area contributed by atoms with Crippen LogP contribution in [0, 0.1) is 0 Å². The van der Waals surface area contributed by atoms with Crippen LogP contribution in [0.25, 0.3) is 0 Å². The summed E-state index contributed by atoms with van der Waals surface area (Å²) in [4.78, 5) is 0. The molecule has 2 atom stereocenters. The fraction of sp³-hybridized carbons (Fsp3) is 1.00. The third-order valence-corrected chi connectivity index (χ3v) is 3.67. The van der Waals surface area contributed by atoms with E-state index in [9.17, 15) is 4.21 Å². The number of rotatable bonds is 11. The molecule has 0 aliphatic rings. The fourth-order valence-electron chi connectivity index (χ4n) is 0.914. The zero-order chi connectivity index (χ0) is 12.2. The minimum absolute atomic E-state index is 0.0431. The van der Waals surface area contributed by atoms with E-state index >= 15 is 0 Å². The first-order valence-electron chi connectivity index (χ1n) is 5.44. The Hall–Kier alpha value is -0.0100. The molecule has 0 rings (SSSR count). The molecule has 2 unspecified atom stereocenters. The first kappa shape index (κ1) is 16.0. The van der Waals surface area contributed by atoms with Crippen LogP contribution in [0.5, 0.6) is 0 Å². The third kappa shape index (κ3) is 9.23. The van der Waals surface area contributed by atoms with E-state index in [1.54, 1.807) is 7.11 Å². The molecule has 0 fully saturated rings. The lowest BCUT2D eigenvalue weighted by Crippen LogP contribution is -2.25. The van der Waals surface area contributed by atoms with Gasteiger partial charge in [0.1, 0.15) is 0 Å². The Balaban J connectivity index is 3.18. The second-order valence-corrected chi connectivity index (χ2v) is 5.32. The molecule has 16 heavy (non-hydrogen) atoms. The van der Waals surface area contributed by atoms with Crippen LogP contribution in [-0.2, 0) is 25.0 Å². The molecule has 2 N–H and O–H groups in total. The van der Waals surface area contributed by atoms with E-state index in [1.165, 1.54) is 0 Å². The number of ether oxygens (including phenoxy) is 3. The van der Waals surface area contributed by atoms with E-state index in [0.29, 0.717) is 45.3 Å². The van der Waals surface area contributed by atoms with Crippen molar-refractivity contribution in [3.63, 3.8) is 0 Å². The van der Waals surface area contributed by atoms with Gasteiger partial charge in [0.2, 0.25) is 0 Å². The summed E-state index contributed by atoms with van der Waals surface area (Å²) in [5, 5.41) is 0.0431. The Bertz CT molecular complexity index is 180. The van der Waals surface area contributed by atoms with Gasteiger partial charge in [-0.2, -0.15) is 0 Å². The summed E-state index contributed by atoms with van der Waals surface area (Å²) in [7, 11) is 0.747. The van der Waals surface area contributed by atoms with Gasteiger partial charge in [0.15, 0.2) is 0 Å². The molecule has 0 saturated carbocycles. The molecule has 0 aromatic rings. The molecule has 0 bridgehead atoms. The minimum atomic E-state index is -0.886. The predicted molar refractivity (Wildman–Crippen MR) is 65.0 cm³/mol. The first-order valence-corrected chi connectivity index (χ1v) is 6.82. The Labute approximate surface area is 100 Å². The Morgan fingerprint density at radius 1 is 1.12 bits per heavy atom. The Morgan fingerprint density at radius 2 is 1.69 bits per heavy atom. The van der Waals surface area contributed by atoms with Gasteiger partial charge in [-0.15, -0.1) is 0 Å².